The third-order valence-corrected chi connectivity index (χ3v) is 3.12. The Morgan fingerprint density at radius 3 is 2.69 bits per heavy atom. The fourth-order valence-electron chi connectivity index (χ4n) is 1.71. The Bertz CT molecular complexity index is 358. The number of sulfonamides is 1. The predicted octanol–water partition coefficient (Wildman–Crippen LogP) is -2.46. The number of carbonyl (C=O) groups excluding carboxylic acids is 1. The standard InChI is InChI=1S/C7H15BN2O5S/c1-16(14,15)9-5-7(11)10-4-2-3-6(10)8(12)13/h6,9,12-13H,2-5H2,1H3. The van der Waals surface area contributed by atoms with E-state index in [9.17, 15) is 13.2 Å². The maximum absolute atomic E-state index is 11.6. The summed E-state index contributed by atoms with van der Waals surface area (Å²) in [7, 11) is -4.99. The van der Waals surface area contributed by atoms with Gasteiger partial charge in [0, 0.05) is 6.54 Å². The molecule has 0 aliphatic carbocycles. The third-order valence-electron chi connectivity index (χ3n) is 2.45. The molecule has 92 valence electrons. The van der Waals surface area contributed by atoms with Crippen LogP contribution in [-0.2, 0) is 14.8 Å². The number of likely N-dealkylation sites (tertiary alicyclic amines) is 1. The molecule has 1 aliphatic rings. The number of hydrogen-bond acceptors (Lipinski definition) is 5. The lowest BCUT2D eigenvalue weighted by molar-refractivity contribution is -0.129. The minimum atomic E-state index is -3.41. The monoisotopic (exact) mass is 250 g/mol. The number of rotatable bonds is 4. The summed E-state index contributed by atoms with van der Waals surface area (Å²) in [5, 5.41) is 18.0. The Balaban J connectivity index is 2.53. The lowest BCUT2D eigenvalue weighted by atomic mass is 9.78. The lowest BCUT2D eigenvalue weighted by Crippen LogP contribution is -2.48. The molecule has 0 aromatic rings. The number of carbonyl (C=O) groups is 1. The van der Waals surface area contributed by atoms with Crippen LogP contribution in [-0.4, -0.2) is 61.7 Å². The van der Waals surface area contributed by atoms with Gasteiger partial charge in [-0.25, -0.2) is 13.1 Å². The van der Waals surface area contributed by atoms with Crippen molar-refractivity contribution < 1.29 is 23.3 Å². The molecule has 1 saturated heterocycles. The van der Waals surface area contributed by atoms with Crippen molar-refractivity contribution in [2.45, 2.75) is 18.8 Å². The van der Waals surface area contributed by atoms with E-state index in [1.54, 1.807) is 0 Å². The van der Waals surface area contributed by atoms with Gasteiger partial charge in [-0.1, -0.05) is 0 Å². The first kappa shape index (κ1) is 13.4. The van der Waals surface area contributed by atoms with E-state index >= 15 is 0 Å². The molecule has 0 saturated carbocycles. The van der Waals surface area contributed by atoms with E-state index in [1.165, 1.54) is 4.90 Å². The zero-order chi connectivity index (χ0) is 12.3. The second-order valence-corrected chi connectivity index (χ2v) is 5.64. The molecule has 0 bridgehead atoms. The van der Waals surface area contributed by atoms with Crippen molar-refractivity contribution in [1.29, 1.82) is 0 Å². The van der Waals surface area contributed by atoms with Gasteiger partial charge in [-0.05, 0) is 12.8 Å². The summed E-state index contributed by atoms with van der Waals surface area (Å²) in [6, 6.07) is 0. The zero-order valence-electron chi connectivity index (χ0n) is 8.96. The van der Waals surface area contributed by atoms with Crippen LogP contribution in [0.25, 0.3) is 0 Å². The first-order valence-electron chi connectivity index (χ1n) is 4.91. The molecule has 1 atom stereocenters. The summed E-state index contributed by atoms with van der Waals surface area (Å²) >= 11 is 0. The molecule has 0 radical (unpaired) electrons. The third kappa shape index (κ3) is 3.74. The molecule has 9 heteroatoms. The van der Waals surface area contributed by atoms with Crippen LogP contribution in [0.3, 0.4) is 0 Å². The first-order chi connectivity index (χ1) is 7.31. The highest BCUT2D eigenvalue weighted by Gasteiger charge is 2.36. The van der Waals surface area contributed by atoms with Crippen LogP contribution >= 0.6 is 0 Å². The summed E-state index contributed by atoms with van der Waals surface area (Å²) in [6.07, 6.45) is 2.16. The molecule has 16 heavy (non-hydrogen) atoms. The molecule has 1 unspecified atom stereocenters. The minimum absolute atomic E-state index is 0.345. The number of nitrogens with one attached hydrogen (secondary N) is 1. The van der Waals surface area contributed by atoms with Gasteiger partial charge in [0.05, 0.1) is 18.7 Å². The van der Waals surface area contributed by atoms with Crippen molar-refractivity contribution in [2.75, 3.05) is 19.3 Å². The van der Waals surface area contributed by atoms with E-state index in [-0.39, 0.29) is 6.54 Å². The molecule has 0 aromatic heterocycles. The Labute approximate surface area is 94.6 Å². The summed E-state index contributed by atoms with van der Waals surface area (Å²) in [6.45, 7) is 0.0780. The highest BCUT2D eigenvalue weighted by molar-refractivity contribution is 7.88. The van der Waals surface area contributed by atoms with Gasteiger partial charge in [0.15, 0.2) is 0 Å². The van der Waals surface area contributed by atoms with Crippen LogP contribution in [0.4, 0.5) is 0 Å². The van der Waals surface area contributed by atoms with Crippen molar-refractivity contribution in [3.63, 3.8) is 0 Å². The van der Waals surface area contributed by atoms with E-state index in [0.717, 1.165) is 6.26 Å². The second kappa shape index (κ2) is 5.13. The largest absolute Gasteiger partial charge is 0.475 e. The van der Waals surface area contributed by atoms with E-state index in [4.69, 9.17) is 10.0 Å². The van der Waals surface area contributed by atoms with Crippen LogP contribution in [0.2, 0.25) is 0 Å². The molecule has 3 N–H and O–H groups in total. The molecule has 0 aromatic carbocycles. The van der Waals surface area contributed by atoms with E-state index in [2.05, 4.69) is 4.72 Å². The second-order valence-electron chi connectivity index (χ2n) is 3.80. The van der Waals surface area contributed by atoms with Gasteiger partial charge in [0.25, 0.3) is 0 Å². The topological polar surface area (TPSA) is 107 Å². The minimum Gasteiger partial charge on any atom is -0.426 e. The number of amides is 1. The van der Waals surface area contributed by atoms with Crippen LogP contribution in [0.15, 0.2) is 0 Å². The molecular weight excluding hydrogens is 235 g/mol. The quantitative estimate of drug-likeness (QED) is 0.480. The van der Waals surface area contributed by atoms with Crippen molar-refractivity contribution in [2.24, 2.45) is 0 Å². The summed E-state index contributed by atoms with van der Waals surface area (Å²) < 4.78 is 23.6. The van der Waals surface area contributed by atoms with Crippen molar-refractivity contribution >= 4 is 23.0 Å². The fraction of sp³-hybridized carbons (Fsp3) is 0.857. The van der Waals surface area contributed by atoms with Crippen molar-refractivity contribution in [3.05, 3.63) is 0 Å². The fourth-order valence-corrected chi connectivity index (χ4v) is 2.09. The van der Waals surface area contributed by atoms with Gasteiger partial charge < -0.3 is 14.9 Å². The first-order valence-corrected chi connectivity index (χ1v) is 6.80. The summed E-state index contributed by atoms with van der Waals surface area (Å²) in [5.74, 6) is -1.07. The van der Waals surface area contributed by atoms with Gasteiger partial charge in [-0.2, -0.15) is 0 Å². The van der Waals surface area contributed by atoms with E-state index in [0.29, 0.717) is 19.4 Å². The molecule has 1 aliphatic heterocycles. The van der Waals surface area contributed by atoms with Crippen LogP contribution in [0.1, 0.15) is 12.8 Å². The SMILES string of the molecule is CS(=O)(=O)NCC(=O)N1CCCC1B(O)O. The average molecular weight is 250 g/mol. The molecule has 1 fully saturated rings. The van der Waals surface area contributed by atoms with Crippen molar-refractivity contribution in [1.82, 2.24) is 9.62 Å². The van der Waals surface area contributed by atoms with Crippen molar-refractivity contribution in [3.8, 4) is 0 Å². The normalized spacial score (nSPS) is 21.2. The average Bonchev–Trinajstić information content (AvgIpc) is 2.61. The van der Waals surface area contributed by atoms with E-state index in [1.807, 2.05) is 0 Å². The van der Waals surface area contributed by atoms with Crippen LogP contribution < -0.4 is 4.72 Å². The molecule has 7 nitrogen and oxygen atoms in total. The predicted molar refractivity (Wildman–Crippen MR) is 57.8 cm³/mol. The molecule has 1 heterocycles. The molecule has 1 amide bonds. The highest BCUT2D eigenvalue weighted by Crippen LogP contribution is 2.17. The van der Waals surface area contributed by atoms with Gasteiger partial charge in [0.2, 0.25) is 15.9 Å². The Hall–Kier alpha value is -0.635. The number of nitrogens with zero attached hydrogens (tertiary/aromatic N) is 1. The zero-order valence-corrected chi connectivity index (χ0v) is 9.77. The maximum Gasteiger partial charge on any atom is 0.475 e. The van der Waals surface area contributed by atoms with E-state index < -0.39 is 29.0 Å². The molecule has 0 spiro atoms. The number of hydrogen-bond donors (Lipinski definition) is 3. The Kier molecular flexibility index (Phi) is 4.31. The summed E-state index contributed by atoms with van der Waals surface area (Å²) in [4.78, 5) is 12.9. The van der Waals surface area contributed by atoms with Gasteiger partial charge in [-0.3, -0.25) is 4.79 Å². The lowest BCUT2D eigenvalue weighted by Gasteiger charge is -2.23. The Morgan fingerprint density at radius 2 is 2.19 bits per heavy atom. The molecular formula is C7H15BN2O5S. The van der Waals surface area contributed by atoms with Gasteiger partial charge in [-0.15, -0.1) is 0 Å². The highest BCUT2D eigenvalue weighted by atomic mass is 32.2. The summed E-state index contributed by atoms with van der Waals surface area (Å²) in [5.41, 5.74) is 0. The smallest absolute Gasteiger partial charge is 0.426 e. The van der Waals surface area contributed by atoms with Gasteiger partial charge in [0.1, 0.15) is 0 Å². The van der Waals surface area contributed by atoms with Gasteiger partial charge >= 0.3 is 7.12 Å². The van der Waals surface area contributed by atoms with Crippen LogP contribution in [0, 0.1) is 0 Å². The Morgan fingerprint density at radius 1 is 1.56 bits per heavy atom. The van der Waals surface area contributed by atoms with Crippen LogP contribution in [0.5, 0.6) is 0 Å². The molecule has 1 rings (SSSR count). The maximum atomic E-state index is 11.6.